The summed E-state index contributed by atoms with van der Waals surface area (Å²) < 4.78 is 5.34. The molecule has 0 spiro atoms. The van der Waals surface area contributed by atoms with Crippen molar-refractivity contribution in [2.24, 2.45) is 11.8 Å². The van der Waals surface area contributed by atoms with E-state index in [-0.39, 0.29) is 31.0 Å². The van der Waals surface area contributed by atoms with Crippen molar-refractivity contribution in [3.05, 3.63) is 71.8 Å². The SMILES string of the molecule is CC(C)C[C@H](NC(=O)[C@@H](CC(=O)C(NC(=O)[C@@H](O)CCc1ccccc1)[C@@H](C)O)Cc1ccccc1)C(=O)[C@@]1(C)CO1. The monoisotopic (exact) mass is 580 g/mol. The number of amides is 2. The van der Waals surface area contributed by atoms with E-state index in [4.69, 9.17) is 4.74 Å². The van der Waals surface area contributed by atoms with E-state index in [0.29, 0.717) is 19.4 Å². The zero-order chi connectivity index (χ0) is 30.9. The van der Waals surface area contributed by atoms with Crippen LogP contribution in [-0.4, -0.2) is 70.1 Å². The summed E-state index contributed by atoms with van der Waals surface area (Å²) in [5.74, 6) is -2.72. The van der Waals surface area contributed by atoms with Gasteiger partial charge in [-0.1, -0.05) is 74.5 Å². The third-order valence-corrected chi connectivity index (χ3v) is 7.56. The van der Waals surface area contributed by atoms with Crippen LogP contribution >= 0.6 is 0 Å². The van der Waals surface area contributed by atoms with Crippen LogP contribution in [0.2, 0.25) is 0 Å². The summed E-state index contributed by atoms with van der Waals surface area (Å²) in [6.45, 7) is 7.29. The van der Waals surface area contributed by atoms with E-state index in [1.807, 2.05) is 74.5 Å². The van der Waals surface area contributed by atoms with Crippen molar-refractivity contribution in [1.82, 2.24) is 10.6 Å². The smallest absolute Gasteiger partial charge is 0.249 e. The molecule has 6 atom stereocenters. The molecule has 9 heteroatoms. The van der Waals surface area contributed by atoms with Crippen LogP contribution in [0.3, 0.4) is 0 Å². The molecule has 1 aliphatic rings. The Labute approximate surface area is 248 Å². The minimum absolute atomic E-state index is 0.124. The average Bonchev–Trinajstić information content (AvgIpc) is 3.72. The van der Waals surface area contributed by atoms with E-state index in [2.05, 4.69) is 10.6 Å². The first kappa shape index (κ1) is 33.1. The van der Waals surface area contributed by atoms with Gasteiger partial charge in [0.1, 0.15) is 17.7 Å². The lowest BCUT2D eigenvalue weighted by Crippen LogP contribution is -2.52. The van der Waals surface area contributed by atoms with E-state index >= 15 is 0 Å². The van der Waals surface area contributed by atoms with E-state index in [1.165, 1.54) is 6.92 Å². The van der Waals surface area contributed by atoms with Gasteiger partial charge in [-0.25, -0.2) is 0 Å². The Morgan fingerprint density at radius 2 is 1.45 bits per heavy atom. The number of epoxide rings is 1. The number of carbonyl (C=O) groups is 4. The number of hydrogen-bond acceptors (Lipinski definition) is 7. The molecule has 1 heterocycles. The van der Waals surface area contributed by atoms with Crippen LogP contribution in [-0.2, 0) is 36.8 Å². The molecular weight excluding hydrogens is 536 g/mol. The first-order valence-corrected chi connectivity index (χ1v) is 14.6. The van der Waals surface area contributed by atoms with Gasteiger partial charge in [0, 0.05) is 12.3 Å². The topological polar surface area (TPSA) is 145 Å². The highest BCUT2D eigenvalue weighted by molar-refractivity contribution is 5.98. The fourth-order valence-corrected chi connectivity index (χ4v) is 4.94. The van der Waals surface area contributed by atoms with Crippen LogP contribution in [0.15, 0.2) is 60.7 Å². The molecule has 3 rings (SSSR count). The number of aliphatic hydroxyl groups excluding tert-OH is 2. The second kappa shape index (κ2) is 15.2. The van der Waals surface area contributed by atoms with Gasteiger partial charge in [0.05, 0.1) is 18.8 Å². The van der Waals surface area contributed by atoms with E-state index in [9.17, 15) is 29.4 Å². The molecule has 228 valence electrons. The Hall–Kier alpha value is -3.40. The van der Waals surface area contributed by atoms with Gasteiger partial charge in [-0.2, -0.15) is 0 Å². The van der Waals surface area contributed by atoms with Crippen molar-refractivity contribution in [3.63, 3.8) is 0 Å². The Morgan fingerprint density at radius 3 is 1.98 bits per heavy atom. The molecule has 4 N–H and O–H groups in total. The van der Waals surface area contributed by atoms with Crippen molar-refractivity contribution in [2.45, 2.75) is 89.7 Å². The molecule has 2 aromatic rings. The number of ether oxygens (including phenoxy) is 1. The van der Waals surface area contributed by atoms with Crippen molar-refractivity contribution >= 4 is 23.4 Å². The predicted molar refractivity (Wildman–Crippen MR) is 158 cm³/mol. The molecule has 1 saturated heterocycles. The van der Waals surface area contributed by atoms with Crippen molar-refractivity contribution in [3.8, 4) is 0 Å². The highest BCUT2D eigenvalue weighted by atomic mass is 16.6. The second-order valence-electron chi connectivity index (χ2n) is 11.9. The number of ketones is 2. The third kappa shape index (κ3) is 9.86. The van der Waals surface area contributed by atoms with Crippen LogP contribution < -0.4 is 10.6 Å². The van der Waals surface area contributed by atoms with Gasteiger partial charge in [-0.3, -0.25) is 19.2 Å². The molecule has 0 aromatic heterocycles. The average molecular weight is 581 g/mol. The summed E-state index contributed by atoms with van der Waals surface area (Å²) in [4.78, 5) is 53.0. The van der Waals surface area contributed by atoms with Crippen molar-refractivity contribution < 1.29 is 34.1 Å². The third-order valence-electron chi connectivity index (χ3n) is 7.56. The molecule has 1 unspecified atom stereocenters. The molecule has 1 fully saturated rings. The lowest BCUT2D eigenvalue weighted by Gasteiger charge is -2.26. The number of hydrogen-bond donors (Lipinski definition) is 4. The minimum atomic E-state index is -1.38. The van der Waals surface area contributed by atoms with Gasteiger partial charge in [0.2, 0.25) is 11.8 Å². The molecule has 0 bridgehead atoms. The second-order valence-corrected chi connectivity index (χ2v) is 11.9. The Bertz CT molecular complexity index is 1200. The largest absolute Gasteiger partial charge is 0.391 e. The highest BCUT2D eigenvalue weighted by Gasteiger charge is 2.50. The standard InChI is InChI=1S/C33H44N2O7/c1-21(2)17-26(30(39)33(4)20-42-33)34-31(40)25(18-24-13-9-6-10-14-24)19-28(38)29(22(3)36)35-32(41)27(37)16-15-23-11-7-5-8-12-23/h5-14,21-22,25-27,29,36-37H,15-20H2,1-4H3,(H,34,40)(H,35,41)/t22-,25-,26+,27+,29?,33-/m1/s1. The minimum Gasteiger partial charge on any atom is -0.391 e. The Morgan fingerprint density at radius 1 is 0.881 bits per heavy atom. The zero-order valence-electron chi connectivity index (χ0n) is 24.9. The molecule has 0 radical (unpaired) electrons. The number of Topliss-reactive ketones (excluding diaryl/α,β-unsaturated/α-hetero) is 2. The van der Waals surface area contributed by atoms with Gasteiger partial charge in [0.15, 0.2) is 11.6 Å². The number of carbonyl (C=O) groups excluding carboxylic acids is 4. The van der Waals surface area contributed by atoms with Gasteiger partial charge in [-0.15, -0.1) is 0 Å². The van der Waals surface area contributed by atoms with Crippen LogP contribution in [0, 0.1) is 11.8 Å². The van der Waals surface area contributed by atoms with Crippen molar-refractivity contribution in [2.75, 3.05) is 6.61 Å². The van der Waals surface area contributed by atoms with Gasteiger partial charge in [-0.05, 0) is 56.6 Å². The fraction of sp³-hybridized carbons (Fsp3) is 0.515. The number of aryl methyl sites for hydroxylation is 1. The Balaban J connectivity index is 1.72. The van der Waals surface area contributed by atoms with E-state index < -0.39 is 53.4 Å². The molecule has 0 aliphatic carbocycles. The maximum Gasteiger partial charge on any atom is 0.249 e. The maximum absolute atomic E-state index is 13.6. The summed E-state index contributed by atoms with van der Waals surface area (Å²) in [7, 11) is 0. The fourth-order valence-electron chi connectivity index (χ4n) is 4.94. The molecular formula is C33H44N2O7. The van der Waals surface area contributed by atoms with Gasteiger partial charge < -0.3 is 25.6 Å². The first-order valence-electron chi connectivity index (χ1n) is 14.6. The molecule has 0 saturated carbocycles. The number of aliphatic hydroxyl groups is 2. The molecule has 1 aliphatic heterocycles. The normalized spacial score (nSPS) is 19.7. The quantitative estimate of drug-likeness (QED) is 0.211. The van der Waals surface area contributed by atoms with Crippen LogP contribution in [0.4, 0.5) is 0 Å². The van der Waals surface area contributed by atoms with Crippen LogP contribution in [0.5, 0.6) is 0 Å². The van der Waals surface area contributed by atoms with E-state index in [1.54, 1.807) is 6.92 Å². The molecule has 9 nitrogen and oxygen atoms in total. The number of nitrogens with one attached hydrogen (secondary N) is 2. The first-order chi connectivity index (χ1) is 19.9. The number of benzene rings is 2. The summed E-state index contributed by atoms with van der Waals surface area (Å²) in [6.07, 6.45) is -1.68. The lowest BCUT2D eigenvalue weighted by molar-refractivity contribution is -0.137. The van der Waals surface area contributed by atoms with E-state index in [0.717, 1.165) is 11.1 Å². The van der Waals surface area contributed by atoms with Crippen LogP contribution in [0.1, 0.15) is 58.1 Å². The zero-order valence-corrected chi connectivity index (χ0v) is 24.9. The molecule has 2 aromatic carbocycles. The maximum atomic E-state index is 13.6. The predicted octanol–water partition coefficient (Wildman–Crippen LogP) is 2.55. The summed E-state index contributed by atoms with van der Waals surface area (Å²) in [5, 5.41) is 26.2. The molecule has 42 heavy (non-hydrogen) atoms. The Kier molecular flexibility index (Phi) is 12.0. The highest BCUT2D eigenvalue weighted by Crippen LogP contribution is 2.30. The summed E-state index contributed by atoms with van der Waals surface area (Å²) in [6, 6.07) is 16.5. The van der Waals surface area contributed by atoms with Gasteiger partial charge >= 0.3 is 0 Å². The molecule has 2 amide bonds. The van der Waals surface area contributed by atoms with Crippen molar-refractivity contribution in [1.29, 1.82) is 0 Å². The number of rotatable bonds is 17. The summed E-state index contributed by atoms with van der Waals surface area (Å²) in [5.41, 5.74) is 0.864. The van der Waals surface area contributed by atoms with Crippen LogP contribution in [0.25, 0.3) is 0 Å². The lowest BCUT2D eigenvalue weighted by atomic mass is 9.88. The summed E-state index contributed by atoms with van der Waals surface area (Å²) >= 11 is 0. The van der Waals surface area contributed by atoms with Gasteiger partial charge in [0.25, 0.3) is 0 Å².